The van der Waals surface area contributed by atoms with Gasteiger partial charge in [0.15, 0.2) is 0 Å². The number of benzene rings is 1. The SMILES string of the molecule is Cc1cccc(N(C)C)c1N(C)C=O. The molecule has 0 atom stereocenters. The van der Waals surface area contributed by atoms with Crippen LogP contribution < -0.4 is 9.80 Å². The zero-order chi connectivity index (χ0) is 10.7. The predicted octanol–water partition coefficient (Wildman–Crippen LogP) is 1.65. The average Bonchev–Trinajstić information content (AvgIpc) is 2.16. The average molecular weight is 192 g/mol. The molecule has 0 aromatic heterocycles. The van der Waals surface area contributed by atoms with Crippen molar-refractivity contribution in [3.8, 4) is 0 Å². The standard InChI is InChI=1S/C11H16N2O/c1-9-6-5-7-10(12(2)3)11(9)13(4)8-14/h5-8H,1-4H3. The number of hydrogen-bond donors (Lipinski definition) is 0. The molecule has 0 unspecified atom stereocenters. The van der Waals surface area contributed by atoms with Crippen LogP contribution in [0.3, 0.4) is 0 Å². The lowest BCUT2D eigenvalue weighted by Crippen LogP contribution is -2.20. The third-order valence-electron chi connectivity index (χ3n) is 2.21. The lowest BCUT2D eigenvalue weighted by molar-refractivity contribution is -0.107. The van der Waals surface area contributed by atoms with Crippen molar-refractivity contribution in [2.45, 2.75) is 6.92 Å². The van der Waals surface area contributed by atoms with E-state index in [9.17, 15) is 4.79 Å². The highest BCUT2D eigenvalue weighted by atomic mass is 16.1. The fourth-order valence-corrected chi connectivity index (χ4v) is 1.52. The molecule has 0 spiro atoms. The van der Waals surface area contributed by atoms with Gasteiger partial charge in [-0.15, -0.1) is 0 Å². The largest absolute Gasteiger partial charge is 0.376 e. The van der Waals surface area contributed by atoms with E-state index in [2.05, 4.69) is 0 Å². The lowest BCUT2D eigenvalue weighted by Gasteiger charge is -2.23. The number of anilines is 2. The molecule has 0 aliphatic heterocycles. The molecule has 3 nitrogen and oxygen atoms in total. The highest BCUT2D eigenvalue weighted by Crippen LogP contribution is 2.29. The molecule has 0 aliphatic rings. The number of carbonyl (C=O) groups is 1. The number of nitrogens with zero attached hydrogens (tertiary/aromatic N) is 2. The number of rotatable bonds is 3. The van der Waals surface area contributed by atoms with E-state index < -0.39 is 0 Å². The van der Waals surface area contributed by atoms with Crippen LogP contribution in [0.2, 0.25) is 0 Å². The number of hydrogen-bond acceptors (Lipinski definition) is 2. The second kappa shape index (κ2) is 4.13. The van der Waals surface area contributed by atoms with Crippen molar-refractivity contribution in [3.63, 3.8) is 0 Å². The number of carbonyl (C=O) groups excluding carboxylic acids is 1. The minimum absolute atomic E-state index is 0.829. The Balaban J connectivity index is 3.28. The zero-order valence-corrected chi connectivity index (χ0v) is 9.11. The summed E-state index contributed by atoms with van der Waals surface area (Å²) in [5.41, 5.74) is 3.12. The van der Waals surface area contributed by atoms with Gasteiger partial charge in [0, 0.05) is 21.1 Å². The number of aryl methyl sites for hydroxylation is 1. The molecule has 0 heterocycles. The molecule has 0 aliphatic carbocycles. The summed E-state index contributed by atoms with van der Waals surface area (Å²) < 4.78 is 0. The van der Waals surface area contributed by atoms with Crippen LogP contribution in [0.25, 0.3) is 0 Å². The molecule has 76 valence electrons. The molecular formula is C11H16N2O. The van der Waals surface area contributed by atoms with Crippen molar-refractivity contribution in [1.82, 2.24) is 0 Å². The van der Waals surface area contributed by atoms with Crippen LogP contribution in [0.1, 0.15) is 5.56 Å². The highest BCUT2D eigenvalue weighted by molar-refractivity contribution is 5.85. The van der Waals surface area contributed by atoms with Gasteiger partial charge in [0.05, 0.1) is 11.4 Å². The molecule has 1 rings (SSSR count). The second-order valence-corrected chi connectivity index (χ2v) is 3.55. The van der Waals surface area contributed by atoms with Crippen molar-refractivity contribution in [1.29, 1.82) is 0 Å². The Morgan fingerprint density at radius 3 is 2.36 bits per heavy atom. The van der Waals surface area contributed by atoms with Gasteiger partial charge >= 0.3 is 0 Å². The normalized spacial score (nSPS) is 9.71. The van der Waals surface area contributed by atoms with Gasteiger partial charge in [0.1, 0.15) is 0 Å². The maximum atomic E-state index is 10.7. The van der Waals surface area contributed by atoms with Crippen LogP contribution in [-0.2, 0) is 4.79 Å². The number of amides is 1. The van der Waals surface area contributed by atoms with Crippen LogP contribution in [-0.4, -0.2) is 27.6 Å². The van der Waals surface area contributed by atoms with E-state index in [0.717, 1.165) is 23.3 Å². The first-order chi connectivity index (χ1) is 6.57. The van der Waals surface area contributed by atoms with E-state index >= 15 is 0 Å². The molecular weight excluding hydrogens is 176 g/mol. The Labute approximate surface area is 84.9 Å². The minimum atomic E-state index is 0.829. The first-order valence-corrected chi connectivity index (χ1v) is 4.53. The summed E-state index contributed by atoms with van der Waals surface area (Å²) in [6.07, 6.45) is 0.829. The van der Waals surface area contributed by atoms with E-state index in [-0.39, 0.29) is 0 Å². The van der Waals surface area contributed by atoms with Crippen LogP contribution in [0.15, 0.2) is 18.2 Å². The Morgan fingerprint density at radius 2 is 1.86 bits per heavy atom. The van der Waals surface area contributed by atoms with Gasteiger partial charge in [0.2, 0.25) is 6.41 Å². The fourth-order valence-electron chi connectivity index (χ4n) is 1.52. The van der Waals surface area contributed by atoms with Gasteiger partial charge in [-0.1, -0.05) is 12.1 Å². The summed E-state index contributed by atoms with van der Waals surface area (Å²) in [6, 6.07) is 6.00. The fraction of sp³-hybridized carbons (Fsp3) is 0.364. The molecule has 0 N–H and O–H groups in total. The van der Waals surface area contributed by atoms with Crippen molar-refractivity contribution in [2.75, 3.05) is 30.9 Å². The molecule has 1 aromatic carbocycles. The second-order valence-electron chi connectivity index (χ2n) is 3.55. The third kappa shape index (κ3) is 1.87. The molecule has 0 fully saturated rings. The quantitative estimate of drug-likeness (QED) is 0.680. The van der Waals surface area contributed by atoms with Gasteiger partial charge in [-0.05, 0) is 18.6 Å². The summed E-state index contributed by atoms with van der Waals surface area (Å²) in [5, 5.41) is 0. The molecule has 0 radical (unpaired) electrons. The van der Waals surface area contributed by atoms with Gasteiger partial charge < -0.3 is 9.80 Å². The minimum Gasteiger partial charge on any atom is -0.376 e. The van der Waals surface area contributed by atoms with Crippen LogP contribution in [0.4, 0.5) is 11.4 Å². The van der Waals surface area contributed by atoms with Gasteiger partial charge in [0.25, 0.3) is 0 Å². The van der Waals surface area contributed by atoms with Crippen molar-refractivity contribution >= 4 is 17.8 Å². The van der Waals surface area contributed by atoms with E-state index in [0.29, 0.717) is 0 Å². The summed E-state index contributed by atoms with van der Waals surface area (Å²) in [4.78, 5) is 14.3. The monoisotopic (exact) mass is 192 g/mol. The van der Waals surface area contributed by atoms with E-state index in [4.69, 9.17) is 0 Å². The zero-order valence-electron chi connectivity index (χ0n) is 9.11. The van der Waals surface area contributed by atoms with E-state index in [1.54, 1.807) is 11.9 Å². The van der Waals surface area contributed by atoms with Gasteiger partial charge in [-0.2, -0.15) is 0 Å². The molecule has 0 saturated carbocycles. The van der Waals surface area contributed by atoms with Gasteiger partial charge in [-0.3, -0.25) is 4.79 Å². The van der Waals surface area contributed by atoms with Crippen LogP contribution >= 0.6 is 0 Å². The topological polar surface area (TPSA) is 23.6 Å². The summed E-state index contributed by atoms with van der Waals surface area (Å²) >= 11 is 0. The Morgan fingerprint density at radius 1 is 1.21 bits per heavy atom. The predicted molar refractivity (Wildman–Crippen MR) is 60.0 cm³/mol. The molecule has 0 saturated heterocycles. The van der Waals surface area contributed by atoms with Crippen LogP contribution in [0.5, 0.6) is 0 Å². The molecule has 3 heteroatoms. The Hall–Kier alpha value is -1.51. The summed E-state index contributed by atoms with van der Waals surface area (Å²) in [7, 11) is 5.70. The van der Waals surface area contributed by atoms with Gasteiger partial charge in [-0.25, -0.2) is 0 Å². The Bertz CT molecular complexity index is 334. The van der Waals surface area contributed by atoms with Crippen molar-refractivity contribution < 1.29 is 4.79 Å². The smallest absolute Gasteiger partial charge is 0.213 e. The van der Waals surface area contributed by atoms with E-state index in [1.807, 2.05) is 44.1 Å². The van der Waals surface area contributed by atoms with Crippen molar-refractivity contribution in [2.24, 2.45) is 0 Å². The Kier molecular flexibility index (Phi) is 3.12. The summed E-state index contributed by atoms with van der Waals surface area (Å²) in [6.45, 7) is 2.00. The molecule has 1 amide bonds. The maximum Gasteiger partial charge on any atom is 0.213 e. The first kappa shape index (κ1) is 10.6. The molecule has 0 bridgehead atoms. The third-order valence-corrected chi connectivity index (χ3v) is 2.21. The highest BCUT2D eigenvalue weighted by Gasteiger charge is 2.10. The number of para-hydroxylation sites is 1. The summed E-state index contributed by atoms with van der Waals surface area (Å²) in [5.74, 6) is 0. The molecule has 1 aromatic rings. The molecule has 14 heavy (non-hydrogen) atoms. The van der Waals surface area contributed by atoms with Crippen LogP contribution in [0, 0.1) is 6.92 Å². The van der Waals surface area contributed by atoms with E-state index in [1.165, 1.54) is 0 Å². The lowest BCUT2D eigenvalue weighted by atomic mass is 10.1. The van der Waals surface area contributed by atoms with Crippen molar-refractivity contribution in [3.05, 3.63) is 23.8 Å². The first-order valence-electron chi connectivity index (χ1n) is 4.53. The maximum absolute atomic E-state index is 10.7.